The lowest BCUT2D eigenvalue weighted by molar-refractivity contribution is 0.182. The summed E-state index contributed by atoms with van der Waals surface area (Å²) in [4.78, 5) is 0. The lowest BCUT2D eigenvalue weighted by Crippen LogP contribution is -2.15. The number of methoxy groups -OCH3 is 1. The Labute approximate surface area is 107 Å². The number of halogens is 1. The zero-order valence-corrected chi connectivity index (χ0v) is 10.7. The van der Waals surface area contributed by atoms with E-state index in [1.807, 2.05) is 18.2 Å². The summed E-state index contributed by atoms with van der Waals surface area (Å²) in [6, 6.07) is 5.74. The van der Waals surface area contributed by atoms with Crippen molar-refractivity contribution >= 4 is 11.6 Å². The number of ether oxygens (including phenoxy) is 2. The van der Waals surface area contributed by atoms with Crippen LogP contribution in [-0.2, 0) is 4.74 Å². The Kier molecular flexibility index (Phi) is 4.26. The maximum atomic E-state index is 6.19. The van der Waals surface area contributed by atoms with Crippen LogP contribution in [-0.4, -0.2) is 20.3 Å². The Hall–Kier alpha value is -0.770. The maximum Gasteiger partial charge on any atom is 0.137 e. The number of hydrogen-bond acceptors (Lipinski definition) is 3. The molecule has 3 nitrogen and oxygen atoms in total. The Morgan fingerprint density at radius 3 is 3.06 bits per heavy atom. The lowest BCUT2D eigenvalue weighted by Gasteiger charge is -2.16. The van der Waals surface area contributed by atoms with E-state index >= 15 is 0 Å². The van der Waals surface area contributed by atoms with Gasteiger partial charge >= 0.3 is 0 Å². The summed E-state index contributed by atoms with van der Waals surface area (Å²) in [5.41, 5.74) is 7.26. The van der Waals surface area contributed by atoms with Gasteiger partial charge in [-0.1, -0.05) is 17.7 Å². The first-order chi connectivity index (χ1) is 8.20. The predicted octanol–water partition coefficient (Wildman–Crippen LogP) is 2.78. The highest BCUT2D eigenvalue weighted by atomic mass is 35.5. The molecular weight excluding hydrogens is 238 g/mol. The van der Waals surface area contributed by atoms with E-state index in [2.05, 4.69) is 0 Å². The summed E-state index contributed by atoms with van der Waals surface area (Å²) < 4.78 is 10.6. The van der Waals surface area contributed by atoms with E-state index in [9.17, 15) is 0 Å². The van der Waals surface area contributed by atoms with Gasteiger partial charge in [0.15, 0.2) is 0 Å². The summed E-state index contributed by atoms with van der Waals surface area (Å²) in [5.74, 6) is 1.26. The zero-order valence-electron chi connectivity index (χ0n) is 9.99. The number of nitrogens with two attached hydrogens (primary N) is 1. The van der Waals surface area contributed by atoms with Crippen molar-refractivity contribution < 1.29 is 9.47 Å². The van der Waals surface area contributed by atoms with Gasteiger partial charge in [0, 0.05) is 19.3 Å². The van der Waals surface area contributed by atoms with Crippen molar-refractivity contribution in [3.8, 4) is 5.75 Å². The third kappa shape index (κ3) is 3.12. The van der Waals surface area contributed by atoms with Crippen molar-refractivity contribution in [2.75, 3.05) is 20.3 Å². The van der Waals surface area contributed by atoms with Gasteiger partial charge in [0.2, 0.25) is 0 Å². The second kappa shape index (κ2) is 5.71. The van der Waals surface area contributed by atoms with E-state index in [1.54, 1.807) is 7.11 Å². The molecule has 1 heterocycles. The fraction of sp³-hybridized carbons (Fsp3) is 0.538. The molecule has 0 spiro atoms. The molecule has 0 aliphatic carbocycles. The molecule has 0 saturated carbocycles. The van der Waals surface area contributed by atoms with Crippen molar-refractivity contribution in [3.63, 3.8) is 0 Å². The normalized spacial score (nSPS) is 21.5. The Morgan fingerprint density at radius 1 is 1.59 bits per heavy atom. The minimum Gasteiger partial charge on any atom is -0.495 e. The van der Waals surface area contributed by atoms with Gasteiger partial charge < -0.3 is 15.2 Å². The first kappa shape index (κ1) is 12.7. The molecule has 1 fully saturated rings. The van der Waals surface area contributed by atoms with Gasteiger partial charge in [-0.25, -0.2) is 0 Å². The summed E-state index contributed by atoms with van der Waals surface area (Å²) in [5, 5.41) is 0.618. The van der Waals surface area contributed by atoms with Crippen LogP contribution in [0.5, 0.6) is 5.75 Å². The summed E-state index contributed by atoms with van der Waals surface area (Å²) in [7, 11) is 1.61. The van der Waals surface area contributed by atoms with Crippen molar-refractivity contribution in [2.24, 2.45) is 11.7 Å². The minimum atomic E-state index is 0.0212. The van der Waals surface area contributed by atoms with E-state index in [1.165, 1.54) is 0 Å². The predicted molar refractivity (Wildman–Crippen MR) is 68.5 cm³/mol. The topological polar surface area (TPSA) is 44.5 Å². The average molecular weight is 256 g/mol. The van der Waals surface area contributed by atoms with Gasteiger partial charge in [-0.15, -0.1) is 0 Å². The van der Waals surface area contributed by atoms with Crippen LogP contribution in [0.4, 0.5) is 0 Å². The van der Waals surface area contributed by atoms with E-state index in [4.69, 9.17) is 26.8 Å². The number of benzene rings is 1. The molecule has 0 bridgehead atoms. The lowest BCUT2D eigenvalue weighted by atomic mass is 9.95. The van der Waals surface area contributed by atoms with Crippen LogP contribution in [0.1, 0.15) is 24.4 Å². The van der Waals surface area contributed by atoms with Crippen LogP contribution in [0, 0.1) is 5.92 Å². The molecule has 17 heavy (non-hydrogen) atoms. The molecule has 1 aromatic carbocycles. The van der Waals surface area contributed by atoms with E-state index in [0.29, 0.717) is 16.7 Å². The Balaban J connectivity index is 2.04. The molecule has 0 aromatic heterocycles. The summed E-state index contributed by atoms with van der Waals surface area (Å²) in [6.07, 6.45) is 2.06. The van der Waals surface area contributed by atoms with Crippen LogP contribution < -0.4 is 10.5 Å². The third-order valence-electron chi connectivity index (χ3n) is 3.21. The van der Waals surface area contributed by atoms with Gasteiger partial charge in [0.05, 0.1) is 12.1 Å². The van der Waals surface area contributed by atoms with Crippen LogP contribution >= 0.6 is 11.6 Å². The Morgan fingerprint density at radius 2 is 2.41 bits per heavy atom. The molecule has 1 aliphatic heterocycles. The van der Waals surface area contributed by atoms with E-state index in [-0.39, 0.29) is 6.04 Å². The molecule has 94 valence electrons. The van der Waals surface area contributed by atoms with Crippen molar-refractivity contribution in [2.45, 2.75) is 18.9 Å². The first-order valence-electron chi connectivity index (χ1n) is 5.87. The Bertz CT molecular complexity index is 378. The second-order valence-corrected chi connectivity index (χ2v) is 4.87. The fourth-order valence-electron chi connectivity index (χ4n) is 2.17. The number of hydrogen-bond donors (Lipinski definition) is 1. The molecular formula is C13H18ClNO2. The second-order valence-electron chi connectivity index (χ2n) is 4.47. The highest BCUT2D eigenvalue weighted by molar-refractivity contribution is 6.32. The molecule has 0 amide bonds. The third-order valence-corrected chi connectivity index (χ3v) is 3.53. The van der Waals surface area contributed by atoms with Crippen molar-refractivity contribution in [1.29, 1.82) is 0 Å². The van der Waals surface area contributed by atoms with Crippen LogP contribution in [0.15, 0.2) is 18.2 Å². The van der Waals surface area contributed by atoms with Gasteiger partial charge in [0.25, 0.3) is 0 Å². The summed E-state index contributed by atoms with van der Waals surface area (Å²) >= 11 is 5.99. The van der Waals surface area contributed by atoms with E-state index in [0.717, 1.165) is 31.6 Å². The molecule has 2 unspecified atom stereocenters. The average Bonchev–Trinajstić information content (AvgIpc) is 2.82. The van der Waals surface area contributed by atoms with Crippen molar-refractivity contribution in [1.82, 2.24) is 0 Å². The molecule has 1 aromatic rings. The largest absolute Gasteiger partial charge is 0.495 e. The highest BCUT2D eigenvalue weighted by Crippen LogP contribution is 2.30. The fourth-order valence-corrected chi connectivity index (χ4v) is 2.37. The van der Waals surface area contributed by atoms with Gasteiger partial charge in [-0.05, 0) is 36.5 Å². The van der Waals surface area contributed by atoms with Crippen LogP contribution in [0.2, 0.25) is 5.02 Å². The maximum absolute atomic E-state index is 6.19. The molecule has 1 saturated heterocycles. The van der Waals surface area contributed by atoms with Crippen LogP contribution in [0.25, 0.3) is 0 Å². The van der Waals surface area contributed by atoms with Gasteiger partial charge in [0.1, 0.15) is 5.75 Å². The number of rotatable bonds is 4. The smallest absolute Gasteiger partial charge is 0.137 e. The van der Waals surface area contributed by atoms with Gasteiger partial charge in [-0.2, -0.15) is 0 Å². The molecule has 2 rings (SSSR count). The zero-order chi connectivity index (χ0) is 12.3. The molecule has 2 atom stereocenters. The van der Waals surface area contributed by atoms with E-state index < -0.39 is 0 Å². The van der Waals surface area contributed by atoms with Crippen molar-refractivity contribution in [3.05, 3.63) is 28.8 Å². The molecule has 0 radical (unpaired) electrons. The molecule has 1 aliphatic rings. The molecule has 2 N–H and O–H groups in total. The monoisotopic (exact) mass is 255 g/mol. The van der Waals surface area contributed by atoms with Gasteiger partial charge in [-0.3, -0.25) is 0 Å². The quantitative estimate of drug-likeness (QED) is 0.900. The standard InChI is InChI=1S/C13H18ClNO2/c1-16-13-7-10(2-3-11(13)14)12(15)6-9-4-5-17-8-9/h2-3,7,9,12H,4-6,8,15H2,1H3. The van der Waals surface area contributed by atoms with Crippen LogP contribution in [0.3, 0.4) is 0 Å². The first-order valence-corrected chi connectivity index (χ1v) is 6.25. The molecule has 4 heteroatoms. The summed E-state index contributed by atoms with van der Waals surface area (Å²) in [6.45, 7) is 1.69. The SMILES string of the molecule is COc1cc(C(N)CC2CCOC2)ccc1Cl. The highest BCUT2D eigenvalue weighted by Gasteiger charge is 2.20. The minimum absolute atomic E-state index is 0.0212.